The summed E-state index contributed by atoms with van der Waals surface area (Å²) in [5, 5.41) is 8.78. The van der Waals surface area contributed by atoms with Crippen molar-refractivity contribution in [2.24, 2.45) is 17.3 Å². The summed E-state index contributed by atoms with van der Waals surface area (Å²) in [7, 11) is 0. The van der Waals surface area contributed by atoms with E-state index in [1.807, 2.05) is 13.8 Å². The van der Waals surface area contributed by atoms with Crippen LogP contribution in [-0.2, 0) is 4.74 Å². The van der Waals surface area contributed by atoms with Gasteiger partial charge in [0.15, 0.2) is 0 Å². The van der Waals surface area contributed by atoms with E-state index in [9.17, 15) is 4.79 Å². The van der Waals surface area contributed by atoms with Gasteiger partial charge in [-0.05, 0) is 43.9 Å². The van der Waals surface area contributed by atoms with E-state index in [0.717, 1.165) is 0 Å². The van der Waals surface area contributed by atoms with Gasteiger partial charge in [0.2, 0.25) is 0 Å². The van der Waals surface area contributed by atoms with Gasteiger partial charge in [-0.3, -0.25) is 0 Å². The van der Waals surface area contributed by atoms with Crippen molar-refractivity contribution in [2.75, 3.05) is 0 Å². The lowest BCUT2D eigenvalue weighted by molar-refractivity contribution is -0.0552. The van der Waals surface area contributed by atoms with Crippen molar-refractivity contribution < 1.29 is 14.6 Å². The fourth-order valence-electron chi connectivity index (χ4n) is 3.07. The summed E-state index contributed by atoms with van der Waals surface area (Å²) in [4.78, 5) is 10.7. The lowest BCUT2D eigenvalue weighted by Gasteiger charge is -2.42. The number of carboxylic acid groups (broad SMARTS) is 1. The quantitative estimate of drug-likeness (QED) is 0.750. The standard InChI is InChI=1S/C14H26O3/c1-10(14(4,5)17-12(15)16)11-7-6-8-13(2,3)9-11/h10-11H,6-9H2,1-5H3,(H,15,16). The fourth-order valence-corrected chi connectivity index (χ4v) is 3.07. The van der Waals surface area contributed by atoms with E-state index in [1.54, 1.807) is 0 Å². The molecule has 0 saturated heterocycles. The highest BCUT2D eigenvalue weighted by Crippen LogP contribution is 2.44. The molecule has 0 amide bonds. The van der Waals surface area contributed by atoms with Crippen molar-refractivity contribution in [1.82, 2.24) is 0 Å². The van der Waals surface area contributed by atoms with Gasteiger partial charge in [0.05, 0.1) is 0 Å². The topological polar surface area (TPSA) is 46.5 Å². The van der Waals surface area contributed by atoms with Crippen LogP contribution in [0.25, 0.3) is 0 Å². The van der Waals surface area contributed by atoms with Crippen LogP contribution in [0, 0.1) is 17.3 Å². The molecule has 17 heavy (non-hydrogen) atoms. The first-order chi connectivity index (χ1) is 7.64. The molecular formula is C14H26O3. The SMILES string of the molecule is CC(C1CCCC(C)(C)C1)C(C)(C)OC(=O)O. The molecule has 0 heterocycles. The summed E-state index contributed by atoms with van der Waals surface area (Å²) in [5.74, 6) is 0.825. The van der Waals surface area contributed by atoms with Gasteiger partial charge in [-0.25, -0.2) is 4.79 Å². The highest BCUT2D eigenvalue weighted by Gasteiger charge is 2.39. The van der Waals surface area contributed by atoms with Crippen LogP contribution in [0.2, 0.25) is 0 Å². The maximum atomic E-state index is 10.7. The highest BCUT2D eigenvalue weighted by atomic mass is 16.7. The first-order valence-corrected chi connectivity index (χ1v) is 6.56. The zero-order chi connectivity index (χ0) is 13.3. The van der Waals surface area contributed by atoms with Crippen LogP contribution in [0.15, 0.2) is 0 Å². The highest BCUT2D eigenvalue weighted by molar-refractivity contribution is 5.57. The van der Waals surface area contributed by atoms with Crippen molar-refractivity contribution >= 4 is 6.16 Å². The second kappa shape index (κ2) is 4.87. The summed E-state index contributed by atoms with van der Waals surface area (Å²) in [6.45, 7) is 10.5. The van der Waals surface area contributed by atoms with Crippen LogP contribution < -0.4 is 0 Å². The Balaban J connectivity index is 2.68. The lowest BCUT2D eigenvalue weighted by Crippen LogP contribution is -2.41. The Morgan fingerprint density at radius 3 is 2.53 bits per heavy atom. The lowest BCUT2D eigenvalue weighted by atomic mass is 9.66. The van der Waals surface area contributed by atoms with Crippen molar-refractivity contribution in [1.29, 1.82) is 0 Å². The van der Waals surface area contributed by atoms with Crippen LogP contribution in [0.1, 0.15) is 60.3 Å². The minimum Gasteiger partial charge on any atom is -0.450 e. The Morgan fingerprint density at radius 2 is 2.06 bits per heavy atom. The van der Waals surface area contributed by atoms with Crippen LogP contribution >= 0.6 is 0 Å². The average molecular weight is 242 g/mol. The molecule has 0 radical (unpaired) electrons. The molecular weight excluding hydrogens is 216 g/mol. The molecule has 0 spiro atoms. The number of hydrogen-bond acceptors (Lipinski definition) is 2. The predicted molar refractivity (Wildman–Crippen MR) is 68.1 cm³/mol. The van der Waals surface area contributed by atoms with Gasteiger partial charge in [0, 0.05) is 0 Å². The molecule has 1 aliphatic carbocycles. The van der Waals surface area contributed by atoms with Crippen molar-refractivity contribution in [3.63, 3.8) is 0 Å². The number of carbonyl (C=O) groups is 1. The Morgan fingerprint density at radius 1 is 1.47 bits per heavy atom. The number of hydrogen-bond donors (Lipinski definition) is 1. The number of ether oxygens (including phenoxy) is 1. The van der Waals surface area contributed by atoms with E-state index in [0.29, 0.717) is 11.3 Å². The first kappa shape index (κ1) is 14.3. The van der Waals surface area contributed by atoms with E-state index in [2.05, 4.69) is 20.8 Å². The largest absolute Gasteiger partial charge is 0.506 e. The molecule has 3 heteroatoms. The zero-order valence-corrected chi connectivity index (χ0v) is 11.7. The second-order valence-corrected chi connectivity index (χ2v) is 6.78. The molecule has 1 fully saturated rings. The summed E-state index contributed by atoms with van der Waals surface area (Å²) >= 11 is 0. The molecule has 2 unspecified atom stereocenters. The molecule has 0 bridgehead atoms. The second-order valence-electron chi connectivity index (χ2n) is 6.78. The van der Waals surface area contributed by atoms with E-state index in [-0.39, 0.29) is 5.92 Å². The summed E-state index contributed by atoms with van der Waals surface area (Å²) in [6.07, 6.45) is 3.70. The molecule has 2 atom stereocenters. The maximum Gasteiger partial charge on any atom is 0.506 e. The first-order valence-electron chi connectivity index (χ1n) is 6.56. The molecule has 100 valence electrons. The summed E-state index contributed by atoms with van der Waals surface area (Å²) in [6, 6.07) is 0. The molecule has 1 rings (SSSR count). The number of rotatable bonds is 3. The van der Waals surface area contributed by atoms with Gasteiger partial charge in [-0.1, -0.05) is 33.6 Å². The molecule has 0 aliphatic heterocycles. The zero-order valence-electron chi connectivity index (χ0n) is 11.7. The van der Waals surface area contributed by atoms with Gasteiger partial charge in [-0.2, -0.15) is 0 Å². The van der Waals surface area contributed by atoms with Gasteiger partial charge < -0.3 is 9.84 Å². The Kier molecular flexibility index (Phi) is 4.11. The Labute approximate surface area is 105 Å². The van der Waals surface area contributed by atoms with Gasteiger partial charge >= 0.3 is 6.16 Å². The minimum absolute atomic E-state index is 0.262. The molecule has 1 aliphatic rings. The van der Waals surface area contributed by atoms with Crippen LogP contribution in [0.3, 0.4) is 0 Å². The van der Waals surface area contributed by atoms with E-state index in [4.69, 9.17) is 9.84 Å². The van der Waals surface area contributed by atoms with Gasteiger partial charge in [0.25, 0.3) is 0 Å². The average Bonchev–Trinajstić information content (AvgIpc) is 2.12. The van der Waals surface area contributed by atoms with Crippen LogP contribution in [0.4, 0.5) is 4.79 Å². The van der Waals surface area contributed by atoms with Crippen LogP contribution in [-0.4, -0.2) is 16.9 Å². The smallest absolute Gasteiger partial charge is 0.450 e. The predicted octanol–water partition coefficient (Wildman–Crippen LogP) is 4.31. The van der Waals surface area contributed by atoms with E-state index in [1.165, 1.54) is 25.7 Å². The summed E-state index contributed by atoms with van der Waals surface area (Å²) < 4.78 is 5.04. The normalized spacial score (nSPS) is 26.3. The summed E-state index contributed by atoms with van der Waals surface area (Å²) in [5.41, 5.74) is -0.208. The van der Waals surface area contributed by atoms with E-state index < -0.39 is 11.8 Å². The Hall–Kier alpha value is -0.730. The fraction of sp³-hybridized carbons (Fsp3) is 0.929. The third kappa shape index (κ3) is 3.90. The van der Waals surface area contributed by atoms with Crippen LogP contribution in [0.5, 0.6) is 0 Å². The maximum absolute atomic E-state index is 10.7. The minimum atomic E-state index is -1.17. The molecule has 0 aromatic carbocycles. The third-order valence-electron chi connectivity index (χ3n) is 4.40. The van der Waals surface area contributed by atoms with Crippen molar-refractivity contribution in [3.8, 4) is 0 Å². The van der Waals surface area contributed by atoms with Crippen molar-refractivity contribution in [2.45, 2.75) is 65.9 Å². The third-order valence-corrected chi connectivity index (χ3v) is 4.40. The molecule has 1 saturated carbocycles. The molecule has 0 aromatic rings. The Bertz CT molecular complexity index is 281. The van der Waals surface area contributed by atoms with Crippen molar-refractivity contribution in [3.05, 3.63) is 0 Å². The van der Waals surface area contributed by atoms with E-state index >= 15 is 0 Å². The van der Waals surface area contributed by atoms with Gasteiger partial charge in [0.1, 0.15) is 5.60 Å². The molecule has 1 N–H and O–H groups in total. The molecule has 3 nitrogen and oxygen atoms in total. The molecule has 0 aromatic heterocycles. The monoisotopic (exact) mass is 242 g/mol. The van der Waals surface area contributed by atoms with Gasteiger partial charge in [-0.15, -0.1) is 0 Å².